The number of ketones is 2. The molecule has 0 bridgehead atoms. The summed E-state index contributed by atoms with van der Waals surface area (Å²) in [5.41, 5.74) is 0.443. The summed E-state index contributed by atoms with van der Waals surface area (Å²) in [5.74, 6) is -0.782. The van der Waals surface area contributed by atoms with Crippen LogP contribution in [0.25, 0.3) is 0 Å². The largest absolute Gasteiger partial charge is 0.468 e. The molecule has 7 nitrogen and oxygen atoms in total. The molecule has 0 spiro atoms. The van der Waals surface area contributed by atoms with Crippen molar-refractivity contribution in [1.82, 2.24) is 15.2 Å². The van der Waals surface area contributed by atoms with Crippen LogP contribution in [0.2, 0.25) is 5.02 Å². The summed E-state index contributed by atoms with van der Waals surface area (Å²) in [6.07, 6.45) is 3.75. The molecule has 0 fully saturated rings. The van der Waals surface area contributed by atoms with Crippen LogP contribution in [0.15, 0.2) is 47.5 Å². The van der Waals surface area contributed by atoms with Crippen LogP contribution >= 0.6 is 11.6 Å². The van der Waals surface area contributed by atoms with Crippen LogP contribution in [-0.2, 0) is 11.2 Å². The van der Waals surface area contributed by atoms with E-state index in [9.17, 15) is 9.59 Å². The highest BCUT2D eigenvalue weighted by Gasteiger charge is 2.22. The standard InChI is InChI=1S/C15H10ClN3O4/c16-10-2-1-3-11(5-10)23-13-7-22-6-9(13)4-12(20)14(21)15-17-8-18-19-15/h1-3,5-8H,4H2,(H,17,18,19). The van der Waals surface area contributed by atoms with Gasteiger partial charge < -0.3 is 9.15 Å². The van der Waals surface area contributed by atoms with Gasteiger partial charge in [0, 0.05) is 17.0 Å². The molecule has 0 radical (unpaired) electrons. The number of furan rings is 1. The van der Waals surface area contributed by atoms with Crippen molar-refractivity contribution in [2.45, 2.75) is 6.42 Å². The van der Waals surface area contributed by atoms with Gasteiger partial charge in [0.15, 0.2) is 5.75 Å². The Morgan fingerprint density at radius 1 is 1.30 bits per heavy atom. The molecule has 0 aliphatic heterocycles. The first kappa shape index (κ1) is 15.0. The van der Waals surface area contributed by atoms with Crippen molar-refractivity contribution in [3.63, 3.8) is 0 Å². The number of rotatable bonds is 6. The summed E-state index contributed by atoms with van der Waals surface area (Å²) >= 11 is 5.89. The number of hydrogen-bond acceptors (Lipinski definition) is 6. The van der Waals surface area contributed by atoms with Crippen LogP contribution < -0.4 is 4.74 Å². The molecule has 8 heteroatoms. The first-order valence-corrected chi connectivity index (χ1v) is 6.93. The Hall–Kier alpha value is -2.93. The van der Waals surface area contributed by atoms with E-state index in [1.165, 1.54) is 18.9 Å². The molecule has 1 aromatic carbocycles. The minimum Gasteiger partial charge on any atom is -0.468 e. The van der Waals surface area contributed by atoms with Crippen LogP contribution in [0, 0.1) is 0 Å². The lowest BCUT2D eigenvalue weighted by Crippen LogP contribution is -2.18. The SMILES string of the molecule is O=C(Cc1cocc1Oc1cccc(Cl)c1)C(=O)c1nc[nH]n1. The molecule has 3 aromatic rings. The molecule has 0 atom stereocenters. The molecule has 0 aliphatic rings. The van der Waals surface area contributed by atoms with E-state index in [1.54, 1.807) is 24.3 Å². The quantitative estimate of drug-likeness (QED) is 0.551. The third-order valence-corrected chi connectivity index (χ3v) is 3.18. The summed E-state index contributed by atoms with van der Waals surface area (Å²) in [7, 11) is 0. The Morgan fingerprint density at radius 2 is 2.17 bits per heavy atom. The predicted molar refractivity (Wildman–Crippen MR) is 79.7 cm³/mol. The number of aromatic amines is 1. The van der Waals surface area contributed by atoms with Gasteiger partial charge in [-0.2, -0.15) is 0 Å². The second-order valence-corrected chi connectivity index (χ2v) is 5.01. The number of benzene rings is 1. The molecule has 0 saturated carbocycles. The zero-order chi connectivity index (χ0) is 16.2. The molecule has 0 aliphatic carbocycles. The lowest BCUT2D eigenvalue weighted by atomic mass is 10.1. The zero-order valence-corrected chi connectivity index (χ0v) is 12.4. The normalized spacial score (nSPS) is 10.5. The lowest BCUT2D eigenvalue weighted by molar-refractivity contribution is -0.114. The molecule has 1 N–H and O–H groups in total. The molecule has 0 saturated heterocycles. The first-order valence-electron chi connectivity index (χ1n) is 6.55. The van der Waals surface area contributed by atoms with E-state index >= 15 is 0 Å². The smallest absolute Gasteiger partial charge is 0.267 e. The minimum atomic E-state index is -0.777. The van der Waals surface area contributed by atoms with Gasteiger partial charge in [-0.05, 0) is 18.2 Å². The molecule has 2 aromatic heterocycles. The van der Waals surface area contributed by atoms with Crippen molar-refractivity contribution in [3.05, 3.63) is 59.5 Å². The van der Waals surface area contributed by atoms with E-state index in [0.29, 0.717) is 22.1 Å². The number of carbonyl (C=O) groups excluding carboxylic acids is 2. The average Bonchev–Trinajstić information content (AvgIpc) is 3.19. The van der Waals surface area contributed by atoms with Crippen LogP contribution in [-0.4, -0.2) is 26.7 Å². The number of nitrogens with one attached hydrogen (secondary N) is 1. The molecule has 0 amide bonds. The number of ether oxygens (including phenoxy) is 1. The van der Waals surface area contributed by atoms with E-state index in [4.69, 9.17) is 20.8 Å². The van der Waals surface area contributed by atoms with Crippen LogP contribution in [0.4, 0.5) is 0 Å². The van der Waals surface area contributed by atoms with E-state index in [-0.39, 0.29) is 12.2 Å². The first-order chi connectivity index (χ1) is 11.1. The van der Waals surface area contributed by atoms with E-state index < -0.39 is 11.6 Å². The third-order valence-electron chi connectivity index (χ3n) is 2.95. The Kier molecular flexibility index (Phi) is 4.20. The van der Waals surface area contributed by atoms with Gasteiger partial charge in [0.05, 0.1) is 6.26 Å². The number of Topliss-reactive ketones (excluding diaryl/α,β-unsaturated/α-hetero) is 2. The van der Waals surface area contributed by atoms with Crippen LogP contribution in [0.5, 0.6) is 11.5 Å². The Balaban J connectivity index is 1.73. The fourth-order valence-corrected chi connectivity index (χ4v) is 2.06. The molecule has 116 valence electrons. The average molecular weight is 332 g/mol. The second-order valence-electron chi connectivity index (χ2n) is 4.57. The third kappa shape index (κ3) is 3.46. The fraction of sp³-hybridized carbons (Fsp3) is 0.0667. The van der Waals surface area contributed by atoms with Gasteiger partial charge in [-0.25, -0.2) is 4.98 Å². The number of H-pyrrole nitrogens is 1. The van der Waals surface area contributed by atoms with Crippen molar-refractivity contribution >= 4 is 23.2 Å². The van der Waals surface area contributed by atoms with Crippen molar-refractivity contribution in [1.29, 1.82) is 0 Å². The molecule has 3 rings (SSSR count). The summed E-state index contributed by atoms with van der Waals surface area (Å²) in [6, 6.07) is 6.78. The van der Waals surface area contributed by atoms with Gasteiger partial charge in [0.25, 0.3) is 5.78 Å². The number of hydrogen-bond donors (Lipinski definition) is 1. The van der Waals surface area contributed by atoms with Gasteiger partial charge in [0.1, 0.15) is 18.3 Å². The maximum atomic E-state index is 12.0. The van der Waals surface area contributed by atoms with Gasteiger partial charge in [-0.3, -0.25) is 14.7 Å². The number of carbonyl (C=O) groups is 2. The van der Waals surface area contributed by atoms with Crippen molar-refractivity contribution < 1.29 is 18.7 Å². The molecule has 0 unspecified atom stereocenters. The highest BCUT2D eigenvalue weighted by Crippen LogP contribution is 2.28. The number of nitrogens with zero attached hydrogens (tertiary/aromatic N) is 2. The van der Waals surface area contributed by atoms with E-state index in [1.807, 2.05) is 0 Å². The molecule has 2 heterocycles. The maximum absolute atomic E-state index is 12.0. The van der Waals surface area contributed by atoms with Crippen LogP contribution in [0.3, 0.4) is 0 Å². The highest BCUT2D eigenvalue weighted by molar-refractivity contribution is 6.43. The fourth-order valence-electron chi connectivity index (χ4n) is 1.88. The molecule has 23 heavy (non-hydrogen) atoms. The number of halogens is 1. The van der Waals surface area contributed by atoms with Crippen LogP contribution in [0.1, 0.15) is 16.2 Å². The minimum absolute atomic E-state index is 0.171. The lowest BCUT2D eigenvalue weighted by Gasteiger charge is -2.05. The highest BCUT2D eigenvalue weighted by atomic mass is 35.5. The Labute approximate surface area is 135 Å². The van der Waals surface area contributed by atoms with Gasteiger partial charge in [-0.1, -0.05) is 17.7 Å². The molecular formula is C15H10ClN3O4. The Bertz CT molecular complexity index is 842. The van der Waals surface area contributed by atoms with Gasteiger partial charge in [-0.15, -0.1) is 5.10 Å². The monoisotopic (exact) mass is 331 g/mol. The van der Waals surface area contributed by atoms with Crippen molar-refractivity contribution in [3.8, 4) is 11.5 Å². The number of aromatic nitrogens is 3. The summed E-state index contributed by atoms with van der Waals surface area (Å²) < 4.78 is 10.7. The second kappa shape index (κ2) is 6.45. The topological polar surface area (TPSA) is 98.1 Å². The predicted octanol–water partition coefficient (Wildman–Crippen LogP) is 2.84. The summed E-state index contributed by atoms with van der Waals surface area (Å²) in [5, 5.41) is 6.49. The summed E-state index contributed by atoms with van der Waals surface area (Å²) in [6.45, 7) is 0. The van der Waals surface area contributed by atoms with Crippen molar-refractivity contribution in [2.24, 2.45) is 0 Å². The van der Waals surface area contributed by atoms with E-state index in [0.717, 1.165) is 0 Å². The van der Waals surface area contributed by atoms with Gasteiger partial charge >= 0.3 is 0 Å². The van der Waals surface area contributed by atoms with Gasteiger partial charge in [0.2, 0.25) is 11.6 Å². The molecular weight excluding hydrogens is 322 g/mol. The Morgan fingerprint density at radius 3 is 2.91 bits per heavy atom. The summed E-state index contributed by atoms with van der Waals surface area (Å²) in [4.78, 5) is 27.5. The zero-order valence-electron chi connectivity index (χ0n) is 11.7. The van der Waals surface area contributed by atoms with E-state index in [2.05, 4.69) is 15.2 Å². The maximum Gasteiger partial charge on any atom is 0.267 e. The van der Waals surface area contributed by atoms with Crippen molar-refractivity contribution in [2.75, 3.05) is 0 Å².